The average Bonchev–Trinajstić information content (AvgIpc) is 3.24. The second kappa shape index (κ2) is 11.7. The molecule has 0 aliphatic carbocycles. The van der Waals surface area contributed by atoms with Crippen molar-refractivity contribution in [1.29, 1.82) is 0 Å². The zero-order chi connectivity index (χ0) is 28.7. The van der Waals surface area contributed by atoms with Gasteiger partial charge in [0.2, 0.25) is 5.91 Å². The first-order chi connectivity index (χ1) is 18.3. The smallest absolute Gasteiger partial charge is 0.335 e. The van der Waals surface area contributed by atoms with E-state index in [0.29, 0.717) is 18.6 Å². The number of benzene rings is 1. The first kappa shape index (κ1) is 30.4. The lowest BCUT2D eigenvalue weighted by molar-refractivity contribution is -0.131. The van der Waals surface area contributed by atoms with Gasteiger partial charge in [-0.25, -0.2) is 4.79 Å². The Bertz CT molecular complexity index is 1010. The van der Waals surface area contributed by atoms with Gasteiger partial charge in [0.15, 0.2) is 0 Å². The maximum absolute atomic E-state index is 13.2. The van der Waals surface area contributed by atoms with Gasteiger partial charge < -0.3 is 22.8 Å². The van der Waals surface area contributed by atoms with Gasteiger partial charge in [-0.2, -0.15) is 0 Å². The lowest BCUT2D eigenvalue weighted by Crippen LogP contribution is -2.65. The standard InChI is InChI=1S/C28H46N2O7Si2/c1-17(2)38(18(3)4)34-16-24-23(36-39(37-38,19(5)6)20(7)8)15-26(35-24)30-22(14-25(31)29-28(30)33)27(32)21-12-10-9-11-13-21/h9-13,17-20,22-24,26-27,32H,14-16H2,1-8H3,(H,29,31,33). The molecule has 3 amide bonds. The van der Waals surface area contributed by atoms with Gasteiger partial charge in [-0.1, -0.05) is 85.7 Å². The van der Waals surface area contributed by atoms with Crippen molar-refractivity contribution in [3.05, 3.63) is 35.9 Å². The van der Waals surface area contributed by atoms with Crippen LogP contribution in [0.5, 0.6) is 0 Å². The van der Waals surface area contributed by atoms with Crippen molar-refractivity contribution in [1.82, 2.24) is 10.2 Å². The minimum Gasteiger partial charge on any atom is -0.414 e. The normalized spacial score (nSPS) is 29.9. The third-order valence-corrected chi connectivity index (χ3v) is 18.9. The van der Waals surface area contributed by atoms with E-state index in [-0.39, 0.29) is 34.7 Å². The molecule has 218 valence electrons. The molecule has 3 saturated heterocycles. The zero-order valence-corrected chi connectivity index (χ0v) is 26.5. The van der Waals surface area contributed by atoms with E-state index < -0.39 is 53.5 Å². The van der Waals surface area contributed by atoms with Gasteiger partial charge in [0.25, 0.3) is 0 Å². The molecule has 0 spiro atoms. The lowest BCUT2D eigenvalue weighted by Gasteiger charge is -2.51. The van der Waals surface area contributed by atoms with Crippen molar-refractivity contribution in [2.24, 2.45) is 0 Å². The van der Waals surface area contributed by atoms with Gasteiger partial charge in [0.05, 0.1) is 25.2 Å². The third kappa shape index (κ3) is 5.64. The maximum Gasteiger partial charge on any atom is 0.335 e. The number of urea groups is 1. The molecule has 3 heterocycles. The summed E-state index contributed by atoms with van der Waals surface area (Å²) in [5, 5.41) is 13.7. The van der Waals surface area contributed by atoms with Crippen molar-refractivity contribution < 1.29 is 32.4 Å². The number of imide groups is 1. The van der Waals surface area contributed by atoms with E-state index in [1.807, 2.05) is 18.2 Å². The van der Waals surface area contributed by atoms with Crippen molar-refractivity contribution in [3.63, 3.8) is 0 Å². The summed E-state index contributed by atoms with van der Waals surface area (Å²) >= 11 is 0. The van der Waals surface area contributed by atoms with E-state index in [9.17, 15) is 14.7 Å². The number of carbonyl (C=O) groups excluding carboxylic acids is 2. The van der Waals surface area contributed by atoms with Crippen LogP contribution in [-0.4, -0.2) is 70.2 Å². The molecule has 3 aliphatic rings. The number of hydrogen-bond donors (Lipinski definition) is 2. The Morgan fingerprint density at radius 1 is 0.897 bits per heavy atom. The molecule has 5 unspecified atom stereocenters. The minimum absolute atomic E-state index is 0.0230. The van der Waals surface area contributed by atoms with Crippen molar-refractivity contribution >= 4 is 29.1 Å². The second-order valence-corrected chi connectivity index (χ2v) is 21.2. The molecular formula is C28H46N2O7Si2. The van der Waals surface area contributed by atoms with Gasteiger partial charge in [-0.3, -0.25) is 15.0 Å². The predicted octanol–water partition coefficient (Wildman–Crippen LogP) is 5.10. The monoisotopic (exact) mass is 578 g/mol. The summed E-state index contributed by atoms with van der Waals surface area (Å²) < 4.78 is 27.7. The molecular weight excluding hydrogens is 532 g/mol. The number of fused-ring (bicyclic) bond motifs is 1. The maximum atomic E-state index is 13.2. The highest BCUT2D eigenvalue weighted by molar-refractivity contribution is 6.83. The van der Waals surface area contributed by atoms with E-state index in [1.54, 1.807) is 12.1 Å². The molecule has 3 aliphatic heterocycles. The molecule has 0 aromatic heterocycles. The fourth-order valence-corrected chi connectivity index (χ4v) is 17.7. The summed E-state index contributed by atoms with van der Waals surface area (Å²) in [6, 6.07) is 7.78. The summed E-state index contributed by atoms with van der Waals surface area (Å²) in [4.78, 5) is 27.1. The van der Waals surface area contributed by atoms with E-state index >= 15 is 0 Å². The molecule has 1 aromatic carbocycles. The van der Waals surface area contributed by atoms with E-state index in [0.717, 1.165) is 0 Å². The van der Waals surface area contributed by atoms with Crippen LogP contribution in [0.3, 0.4) is 0 Å². The molecule has 11 heteroatoms. The molecule has 5 atom stereocenters. The van der Waals surface area contributed by atoms with Crippen molar-refractivity contribution in [3.8, 4) is 0 Å². The predicted molar refractivity (Wildman–Crippen MR) is 152 cm³/mol. The molecule has 3 fully saturated rings. The van der Waals surface area contributed by atoms with E-state index in [4.69, 9.17) is 17.7 Å². The Morgan fingerprint density at radius 3 is 2.05 bits per heavy atom. The quantitative estimate of drug-likeness (QED) is 0.434. The highest BCUT2D eigenvalue weighted by Crippen LogP contribution is 2.48. The van der Waals surface area contributed by atoms with Crippen molar-refractivity contribution in [2.75, 3.05) is 6.61 Å². The van der Waals surface area contributed by atoms with Crippen LogP contribution in [0.2, 0.25) is 22.2 Å². The zero-order valence-electron chi connectivity index (χ0n) is 24.5. The topological polar surface area (TPSA) is 107 Å². The Kier molecular flexibility index (Phi) is 9.12. The van der Waals surface area contributed by atoms with Crippen LogP contribution >= 0.6 is 0 Å². The van der Waals surface area contributed by atoms with Gasteiger partial charge in [-0.15, -0.1) is 0 Å². The Hall–Kier alpha value is -1.61. The van der Waals surface area contributed by atoms with Crippen LogP contribution in [0.25, 0.3) is 0 Å². The second-order valence-electron chi connectivity index (χ2n) is 12.4. The summed E-state index contributed by atoms with van der Waals surface area (Å²) in [5.41, 5.74) is 1.41. The lowest BCUT2D eigenvalue weighted by atomic mass is 9.96. The first-order valence-electron chi connectivity index (χ1n) is 14.3. The Balaban J connectivity index is 1.68. The molecule has 2 N–H and O–H groups in total. The van der Waals surface area contributed by atoms with Crippen LogP contribution in [0.15, 0.2) is 30.3 Å². The van der Waals surface area contributed by atoms with Crippen LogP contribution in [0, 0.1) is 0 Å². The number of nitrogens with zero attached hydrogens (tertiary/aromatic N) is 1. The van der Waals surface area contributed by atoms with Gasteiger partial charge in [-0.05, 0) is 27.7 Å². The van der Waals surface area contributed by atoms with Crippen LogP contribution < -0.4 is 5.32 Å². The molecule has 0 bridgehead atoms. The summed E-state index contributed by atoms with van der Waals surface area (Å²) in [5.74, 6) is -0.413. The average molecular weight is 579 g/mol. The van der Waals surface area contributed by atoms with Crippen LogP contribution in [0.4, 0.5) is 4.79 Å². The minimum atomic E-state index is -2.83. The molecule has 0 saturated carbocycles. The Labute approximate surface area is 235 Å². The fourth-order valence-electron chi connectivity index (χ4n) is 6.46. The number of carbonyl (C=O) groups is 2. The van der Waals surface area contributed by atoms with E-state index in [1.165, 1.54) is 4.90 Å². The van der Waals surface area contributed by atoms with Gasteiger partial charge in [0, 0.05) is 6.42 Å². The summed E-state index contributed by atoms with van der Waals surface area (Å²) in [7, 11) is -5.55. The van der Waals surface area contributed by atoms with Crippen LogP contribution in [-0.2, 0) is 22.5 Å². The highest BCUT2D eigenvalue weighted by atomic mass is 28.5. The number of amides is 3. The largest absolute Gasteiger partial charge is 0.414 e. The summed E-state index contributed by atoms with van der Waals surface area (Å²) in [6.07, 6.45) is -2.07. The number of rotatable bonds is 7. The number of hydrogen-bond acceptors (Lipinski definition) is 7. The van der Waals surface area contributed by atoms with Gasteiger partial charge >= 0.3 is 23.2 Å². The number of aliphatic hydroxyl groups excluding tert-OH is 1. The Morgan fingerprint density at radius 2 is 1.49 bits per heavy atom. The highest BCUT2D eigenvalue weighted by Gasteiger charge is 2.60. The molecule has 4 rings (SSSR count). The first-order valence-corrected chi connectivity index (χ1v) is 18.3. The van der Waals surface area contributed by atoms with Crippen molar-refractivity contribution in [2.45, 2.75) is 121 Å². The van der Waals surface area contributed by atoms with Gasteiger partial charge in [0.1, 0.15) is 18.4 Å². The molecule has 0 radical (unpaired) electrons. The fraction of sp³-hybridized carbons (Fsp3) is 0.714. The number of ether oxygens (including phenoxy) is 1. The number of nitrogens with one attached hydrogen (secondary N) is 1. The molecule has 39 heavy (non-hydrogen) atoms. The SMILES string of the molecule is CC(C)[Si]1(C(C)C)OCC2OC(N3C(=O)NC(=O)CC3C(O)c3ccccc3)CC2O[Si](C(C)C)(C(C)C)O1. The third-order valence-electron chi connectivity index (χ3n) is 8.58. The molecule has 1 aromatic rings. The summed E-state index contributed by atoms with van der Waals surface area (Å²) in [6.45, 7) is 17.7. The van der Waals surface area contributed by atoms with E-state index in [2.05, 4.69) is 60.7 Å². The van der Waals surface area contributed by atoms with Crippen LogP contribution in [0.1, 0.15) is 79.9 Å². The number of aliphatic hydroxyl groups is 1. The molecule has 9 nitrogen and oxygen atoms in total.